The van der Waals surface area contributed by atoms with Crippen molar-refractivity contribution in [1.29, 1.82) is 0 Å². The summed E-state index contributed by atoms with van der Waals surface area (Å²) in [5.74, 6) is -1.78. The Morgan fingerprint density at radius 1 is 1.25 bits per heavy atom. The van der Waals surface area contributed by atoms with Crippen molar-refractivity contribution in [2.24, 2.45) is 11.1 Å². The van der Waals surface area contributed by atoms with Crippen LogP contribution >= 0.6 is 0 Å². The number of nitrogens with one attached hydrogen (secondary N) is 2. The summed E-state index contributed by atoms with van der Waals surface area (Å²) in [4.78, 5) is 38.8. The number of amides is 3. The Balaban J connectivity index is 1.63. The fraction of sp³-hybridized carbons (Fsp3) is 0.565. The maximum absolute atomic E-state index is 13.7. The number of anilines is 1. The van der Waals surface area contributed by atoms with Gasteiger partial charge in [0.15, 0.2) is 0 Å². The number of benzene rings is 1. The monoisotopic (exact) mass is 446 g/mol. The van der Waals surface area contributed by atoms with Crippen LogP contribution in [-0.4, -0.2) is 53.5 Å². The minimum Gasteiger partial charge on any atom is -0.375 e. The van der Waals surface area contributed by atoms with Gasteiger partial charge in [-0.2, -0.15) is 0 Å². The molecule has 32 heavy (non-hydrogen) atoms. The Kier molecular flexibility index (Phi) is 7.16. The summed E-state index contributed by atoms with van der Waals surface area (Å²) < 4.78 is 13.7. The molecular weight excluding hydrogens is 413 g/mol. The molecule has 1 aromatic carbocycles. The van der Waals surface area contributed by atoms with Crippen molar-refractivity contribution in [2.45, 2.75) is 64.5 Å². The molecule has 0 bridgehead atoms. The molecule has 9 heteroatoms. The van der Waals surface area contributed by atoms with Gasteiger partial charge in [0.25, 0.3) is 5.71 Å². The molecule has 2 aliphatic rings. The van der Waals surface area contributed by atoms with Gasteiger partial charge in [-0.25, -0.2) is 9.80 Å². The van der Waals surface area contributed by atoms with E-state index in [0.717, 1.165) is 44.2 Å². The second kappa shape index (κ2) is 9.67. The molecule has 1 heterocycles. The third-order valence-electron chi connectivity index (χ3n) is 6.39. The molecule has 174 valence electrons. The molecule has 3 amide bonds. The Bertz CT molecular complexity index is 917. The molecule has 1 aromatic rings. The van der Waals surface area contributed by atoms with E-state index >= 15 is 0 Å². The molecule has 6 N–H and O–H groups in total. The first-order valence-corrected chi connectivity index (χ1v) is 11.1. The summed E-state index contributed by atoms with van der Waals surface area (Å²) >= 11 is 0. The quantitative estimate of drug-likeness (QED) is 0.450. The second-order valence-corrected chi connectivity index (χ2v) is 9.53. The largest absolute Gasteiger partial charge is 0.375 e. The van der Waals surface area contributed by atoms with Gasteiger partial charge in [-0.1, -0.05) is 20.3 Å². The fourth-order valence-electron chi connectivity index (χ4n) is 4.76. The van der Waals surface area contributed by atoms with Crippen LogP contribution < -0.4 is 21.8 Å². The lowest BCUT2D eigenvalue weighted by Crippen LogP contribution is -2.51. The van der Waals surface area contributed by atoms with Crippen LogP contribution in [-0.2, 0) is 14.4 Å². The number of carbonyl (C=O) groups excluding carboxylic acids is 3. The van der Waals surface area contributed by atoms with Crippen LogP contribution in [0.2, 0.25) is 0 Å². The van der Waals surface area contributed by atoms with E-state index in [2.05, 4.69) is 24.5 Å². The van der Waals surface area contributed by atoms with Crippen molar-refractivity contribution >= 4 is 29.1 Å². The van der Waals surface area contributed by atoms with Gasteiger partial charge in [0.2, 0.25) is 11.8 Å². The zero-order valence-corrected chi connectivity index (χ0v) is 18.7. The van der Waals surface area contributed by atoms with Crippen molar-refractivity contribution in [3.05, 3.63) is 29.6 Å². The third-order valence-corrected chi connectivity index (χ3v) is 6.39. The van der Waals surface area contributed by atoms with Crippen LogP contribution in [0.4, 0.5) is 10.1 Å². The predicted octanol–water partition coefficient (Wildman–Crippen LogP) is 0.347. The van der Waals surface area contributed by atoms with Gasteiger partial charge in [-0.15, -0.1) is 0 Å². The van der Waals surface area contributed by atoms with E-state index in [1.165, 1.54) is 6.07 Å². The third kappa shape index (κ3) is 5.63. The average Bonchev–Trinajstić information content (AvgIpc) is 3.21. The summed E-state index contributed by atoms with van der Waals surface area (Å²) in [5, 5.41) is 11.7. The molecule has 0 radical (unpaired) electrons. The van der Waals surface area contributed by atoms with Gasteiger partial charge in [-0.05, 0) is 55.7 Å². The van der Waals surface area contributed by atoms with Crippen LogP contribution in [0.1, 0.15) is 57.9 Å². The second-order valence-electron chi connectivity index (χ2n) is 9.53. The molecule has 1 saturated carbocycles. The highest BCUT2D eigenvalue weighted by Crippen LogP contribution is 2.35. The number of nitrogens with zero attached hydrogens (tertiary/aromatic N) is 1. The Labute approximate surface area is 187 Å². The smallest absolute Gasteiger partial charge is 0.313 e. The lowest BCUT2D eigenvalue weighted by Gasteiger charge is -2.36. The maximum Gasteiger partial charge on any atom is 0.313 e. The van der Waals surface area contributed by atoms with Crippen LogP contribution in [0.5, 0.6) is 0 Å². The molecule has 1 aliphatic carbocycles. The standard InChI is InChI=1S/C23H32FN5O3/c1-23(2)9-3-5-15(12-23)28-22(32)18-6-4-10-29(18)19(30)13-27-17-11-14(24)7-8-16(17)20(25)21(26)31/h7-8,11,15,18,25,27H,3-6,9-10,12-13H2,1-2H3,(H2,26,31)(H,28,32)/p+1/t15?,18-/m0/s1. The highest BCUT2D eigenvalue weighted by Gasteiger charge is 2.36. The summed E-state index contributed by atoms with van der Waals surface area (Å²) in [7, 11) is 0. The SMILES string of the molecule is CC1(C)CCCC(NC(=O)[C@@H]2CCCN2C(=O)CNc2cc(F)ccc2C(=[NH2+])C(N)=O)C1. The molecule has 1 unspecified atom stereocenters. The number of hydrogen-bond donors (Lipinski definition) is 4. The number of carbonyl (C=O) groups is 3. The minimum absolute atomic E-state index is 0.115. The molecule has 2 atom stereocenters. The first-order chi connectivity index (χ1) is 15.1. The first-order valence-electron chi connectivity index (χ1n) is 11.1. The van der Waals surface area contributed by atoms with Gasteiger partial charge in [0.1, 0.15) is 11.9 Å². The fourth-order valence-corrected chi connectivity index (χ4v) is 4.76. The number of halogens is 1. The van der Waals surface area contributed by atoms with E-state index < -0.39 is 17.8 Å². The maximum atomic E-state index is 13.7. The number of primary amides is 1. The molecule has 0 spiro atoms. The van der Waals surface area contributed by atoms with Crippen molar-refractivity contribution < 1.29 is 24.2 Å². The van der Waals surface area contributed by atoms with E-state index in [1.54, 1.807) is 4.90 Å². The van der Waals surface area contributed by atoms with Crippen molar-refractivity contribution in [1.82, 2.24) is 10.2 Å². The molecule has 8 nitrogen and oxygen atoms in total. The van der Waals surface area contributed by atoms with Crippen LogP contribution in [0.25, 0.3) is 0 Å². The number of likely N-dealkylation sites (tertiary alicyclic amines) is 1. The number of nitrogens with two attached hydrogens (primary N) is 2. The first kappa shape index (κ1) is 23.7. The van der Waals surface area contributed by atoms with Crippen molar-refractivity contribution in [2.75, 3.05) is 18.4 Å². The van der Waals surface area contributed by atoms with E-state index in [1.807, 2.05) is 0 Å². The van der Waals surface area contributed by atoms with Gasteiger partial charge < -0.3 is 21.3 Å². The van der Waals surface area contributed by atoms with Gasteiger partial charge >= 0.3 is 5.91 Å². The molecule has 1 aliphatic heterocycles. The summed E-state index contributed by atoms with van der Waals surface area (Å²) in [6, 6.07) is 3.26. The molecule has 0 aromatic heterocycles. The lowest BCUT2D eigenvalue weighted by atomic mass is 9.75. The normalized spacial score (nSPS) is 22.3. The molecular formula is C23H33FN5O3+. The highest BCUT2D eigenvalue weighted by atomic mass is 19.1. The van der Waals surface area contributed by atoms with E-state index in [-0.39, 0.29) is 46.8 Å². The average molecular weight is 447 g/mol. The zero-order chi connectivity index (χ0) is 23.5. The Hall–Kier alpha value is -2.97. The van der Waals surface area contributed by atoms with Gasteiger partial charge in [0.05, 0.1) is 17.8 Å². The lowest BCUT2D eigenvalue weighted by molar-refractivity contribution is -0.137. The summed E-state index contributed by atoms with van der Waals surface area (Å²) in [6.07, 6.45) is 5.48. The van der Waals surface area contributed by atoms with Crippen molar-refractivity contribution in [3.63, 3.8) is 0 Å². The van der Waals surface area contributed by atoms with E-state index in [9.17, 15) is 18.8 Å². The summed E-state index contributed by atoms with van der Waals surface area (Å²) in [6.45, 7) is 4.75. The predicted molar refractivity (Wildman–Crippen MR) is 119 cm³/mol. The molecule has 2 fully saturated rings. The van der Waals surface area contributed by atoms with Crippen molar-refractivity contribution in [3.8, 4) is 0 Å². The Morgan fingerprint density at radius 2 is 2.00 bits per heavy atom. The van der Waals surface area contributed by atoms with Crippen LogP contribution in [0.3, 0.4) is 0 Å². The molecule has 3 rings (SSSR count). The van der Waals surface area contributed by atoms with E-state index in [4.69, 9.17) is 11.1 Å². The molecule has 1 saturated heterocycles. The topological polar surface area (TPSA) is 130 Å². The van der Waals surface area contributed by atoms with Gasteiger partial charge in [-0.3, -0.25) is 14.4 Å². The van der Waals surface area contributed by atoms with Gasteiger partial charge in [0, 0.05) is 12.6 Å². The minimum atomic E-state index is -0.840. The number of hydrogen-bond acceptors (Lipinski definition) is 4. The zero-order valence-electron chi connectivity index (χ0n) is 18.7. The van der Waals surface area contributed by atoms with Crippen LogP contribution in [0, 0.1) is 11.2 Å². The highest BCUT2D eigenvalue weighted by molar-refractivity contribution is 6.43. The van der Waals surface area contributed by atoms with Crippen LogP contribution in [0.15, 0.2) is 18.2 Å². The van der Waals surface area contributed by atoms with E-state index in [0.29, 0.717) is 13.0 Å². The number of rotatable bonds is 7. The Morgan fingerprint density at radius 3 is 2.69 bits per heavy atom. The summed E-state index contributed by atoms with van der Waals surface area (Å²) in [5.41, 5.74) is 5.63.